The van der Waals surface area contributed by atoms with Crippen LogP contribution in [0.5, 0.6) is 5.75 Å². The molecule has 0 aliphatic heterocycles. The smallest absolute Gasteiger partial charge is 0.340 e. The van der Waals surface area contributed by atoms with Gasteiger partial charge < -0.3 is 24.5 Å². The van der Waals surface area contributed by atoms with E-state index in [1.54, 1.807) is 72.1 Å². The molecule has 0 amide bonds. The summed E-state index contributed by atoms with van der Waals surface area (Å²) >= 11 is 0. The first-order valence-corrected chi connectivity index (χ1v) is 15.8. The molecule has 2 N–H and O–H groups in total. The maximum Gasteiger partial charge on any atom is 0.340 e. The van der Waals surface area contributed by atoms with Crippen molar-refractivity contribution in [3.63, 3.8) is 0 Å². The van der Waals surface area contributed by atoms with E-state index in [0.717, 1.165) is 25.8 Å². The van der Waals surface area contributed by atoms with Crippen LogP contribution in [0.2, 0.25) is 0 Å². The van der Waals surface area contributed by atoms with E-state index < -0.39 is 44.0 Å². The number of nitrogens with zero attached hydrogens (tertiary/aromatic N) is 4. The molecule has 0 saturated carbocycles. The van der Waals surface area contributed by atoms with Gasteiger partial charge in [0.05, 0.1) is 29.9 Å². The molecule has 236 valence electrons. The third-order valence-electron chi connectivity index (χ3n) is 6.17. The quantitative estimate of drug-likeness (QED) is 0.0986. The van der Waals surface area contributed by atoms with Gasteiger partial charge in [0.1, 0.15) is 17.6 Å². The van der Waals surface area contributed by atoms with Crippen LogP contribution in [0.15, 0.2) is 36.9 Å². The standard InChI is InChI=1S/C29H42N5O8P/c1-28(2,3)26(35)39-19-41-43(37,42-20-40-27(36)29(4,5)6)16-21-12-8-9-13-22(21)38-15-11-7-10-14-34-18-33-23-24(30)31-17-32-25(23)34/h8-9,12-13,17-18H,7,10-11,14-16,19-20H2,1-6H3,(H2,30,31,32). The fraction of sp³-hybridized carbons (Fsp3) is 0.552. The summed E-state index contributed by atoms with van der Waals surface area (Å²) in [4.78, 5) is 36.8. The number of esters is 2. The van der Waals surface area contributed by atoms with Crippen molar-refractivity contribution in [1.82, 2.24) is 19.5 Å². The number of anilines is 1. The molecule has 0 saturated heterocycles. The molecule has 2 aromatic heterocycles. The molecule has 13 nitrogen and oxygen atoms in total. The zero-order valence-electron chi connectivity index (χ0n) is 25.7. The lowest BCUT2D eigenvalue weighted by atomic mass is 9.98. The number of aryl methyl sites for hydroxylation is 1. The Balaban J connectivity index is 1.56. The van der Waals surface area contributed by atoms with E-state index in [1.807, 2.05) is 4.57 Å². The van der Waals surface area contributed by atoms with Crippen LogP contribution in [-0.4, -0.2) is 51.7 Å². The molecule has 0 atom stereocenters. The first-order chi connectivity index (χ1) is 20.2. The average Bonchev–Trinajstić information content (AvgIpc) is 3.34. The number of hydrogen-bond donors (Lipinski definition) is 1. The van der Waals surface area contributed by atoms with Crippen molar-refractivity contribution >= 4 is 36.5 Å². The van der Waals surface area contributed by atoms with E-state index in [1.165, 1.54) is 6.33 Å². The third-order valence-corrected chi connectivity index (χ3v) is 7.90. The third kappa shape index (κ3) is 10.3. The fourth-order valence-electron chi connectivity index (χ4n) is 3.67. The molecule has 14 heteroatoms. The van der Waals surface area contributed by atoms with Crippen LogP contribution < -0.4 is 10.5 Å². The van der Waals surface area contributed by atoms with Crippen molar-refractivity contribution in [2.45, 2.75) is 73.5 Å². The number of carbonyl (C=O) groups is 2. The second-order valence-electron chi connectivity index (χ2n) is 12.0. The number of aromatic nitrogens is 4. The second kappa shape index (κ2) is 14.8. The maximum atomic E-state index is 13.7. The highest BCUT2D eigenvalue weighted by molar-refractivity contribution is 7.53. The zero-order chi connectivity index (χ0) is 31.7. The Bertz CT molecular complexity index is 1390. The summed E-state index contributed by atoms with van der Waals surface area (Å²) < 4.78 is 42.9. The molecule has 0 aliphatic carbocycles. The highest BCUT2D eigenvalue weighted by Gasteiger charge is 2.31. The van der Waals surface area contributed by atoms with Gasteiger partial charge in [-0.1, -0.05) is 18.2 Å². The highest BCUT2D eigenvalue weighted by Crippen LogP contribution is 2.52. The number of nitrogen functional groups attached to an aromatic ring is 1. The van der Waals surface area contributed by atoms with E-state index in [4.69, 9.17) is 29.0 Å². The topological polar surface area (TPSA) is 167 Å². The number of para-hydroxylation sites is 1. The molecule has 3 aromatic rings. The first-order valence-electron chi connectivity index (χ1n) is 14.0. The monoisotopic (exact) mass is 619 g/mol. The summed E-state index contributed by atoms with van der Waals surface area (Å²) in [6.07, 6.45) is 5.46. The van der Waals surface area contributed by atoms with Crippen LogP contribution in [0.3, 0.4) is 0 Å². The van der Waals surface area contributed by atoms with Gasteiger partial charge in [0.2, 0.25) is 13.6 Å². The van der Waals surface area contributed by atoms with E-state index in [0.29, 0.717) is 34.9 Å². The molecule has 3 rings (SSSR count). The number of nitrogens with two attached hydrogens (primary N) is 1. The molecule has 0 aliphatic rings. The van der Waals surface area contributed by atoms with E-state index >= 15 is 0 Å². The van der Waals surface area contributed by atoms with Crippen molar-refractivity contribution in [1.29, 1.82) is 0 Å². The Morgan fingerprint density at radius 3 is 2.14 bits per heavy atom. The second-order valence-corrected chi connectivity index (χ2v) is 14.1. The van der Waals surface area contributed by atoms with Crippen LogP contribution in [0.4, 0.5) is 5.82 Å². The Hall–Kier alpha value is -3.54. The minimum atomic E-state index is -3.95. The van der Waals surface area contributed by atoms with Crippen molar-refractivity contribution in [2.24, 2.45) is 10.8 Å². The summed E-state index contributed by atoms with van der Waals surface area (Å²) in [5.74, 6) is -0.185. The molecule has 0 unspecified atom stereocenters. The van der Waals surface area contributed by atoms with Crippen molar-refractivity contribution < 1.29 is 37.4 Å². The number of carbonyl (C=O) groups excluding carboxylic acids is 2. The predicted octanol–water partition coefficient (Wildman–Crippen LogP) is 5.48. The Kier molecular flexibility index (Phi) is 11.7. The van der Waals surface area contributed by atoms with E-state index in [-0.39, 0.29) is 6.16 Å². The molecule has 0 fully saturated rings. The number of fused-ring (bicyclic) bond motifs is 1. The lowest BCUT2D eigenvalue weighted by molar-refractivity contribution is -0.162. The summed E-state index contributed by atoms with van der Waals surface area (Å²) in [5, 5.41) is 0. The molecule has 0 bridgehead atoms. The van der Waals surface area contributed by atoms with Crippen LogP contribution in [0, 0.1) is 10.8 Å². The van der Waals surface area contributed by atoms with Crippen LogP contribution in [0.1, 0.15) is 66.4 Å². The Morgan fingerprint density at radius 2 is 1.51 bits per heavy atom. The predicted molar refractivity (Wildman–Crippen MR) is 160 cm³/mol. The maximum absolute atomic E-state index is 13.7. The zero-order valence-corrected chi connectivity index (χ0v) is 26.6. The first kappa shape index (κ1) is 34.0. The van der Waals surface area contributed by atoms with Crippen LogP contribution in [0.25, 0.3) is 11.2 Å². The van der Waals surface area contributed by atoms with Gasteiger partial charge in [-0.25, -0.2) is 15.0 Å². The van der Waals surface area contributed by atoms with Crippen molar-refractivity contribution in [3.8, 4) is 5.75 Å². The molecule has 43 heavy (non-hydrogen) atoms. The minimum Gasteiger partial charge on any atom is -0.493 e. The Morgan fingerprint density at radius 1 is 0.884 bits per heavy atom. The summed E-state index contributed by atoms with van der Waals surface area (Å²) in [7, 11) is -3.95. The molecular weight excluding hydrogens is 577 g/mol. The van der Waals surface area contributed by atoms with Gasteiger partial charge in [-0.2, -0.15) is 0 Å². The average molecular weight is 620 g/mol. The number of rotatable bonds is 15. The summed E-state index contributed by atoms with van der Waals surface area (Å²) in [6.45, 7) is 10.1. The number of ether oxygens (including phenoxy) is 3. The van der Waals surface area contributed by atoms with E-state index in [9.17, 15) is 14.2 Å². The summed E-state index contributed by atoms with van der Waals surface area (Å²) in [6, 6.07) is 7.09. The molecule has 0 radical (unpaired) electrons. The minimum absolute atomic E-state index is 0.192. The molecule has 1 aromatic carbocycles. The normalized spacial score (nSPS) is 12.3. The number of imidazole rings is 1. The van der Waals surface area contributed by atoms with Gasteiger partial charge in [-0.05, 0) is 66.9 Å². The number of benzene rings is 1. The van der Waals surface area contributed by atoms with Gasteiger partial charge in [-0.15, -0.1) is 0 Å². The molecular formula is C29H42N5O8P. The van der Waals surface area contributed by atoms with Crippen LogP contribution >= 0.6 is 7.60 Å². The lowest BCUT2D eigenvalue weighted by Crippen LogP contribution is -2.25. The van der Waals surface area contributed by atoms with Crippen LogP contribution in [-0.2, 0) is 45.4 Å². The van der Waals surface area contributed by atoms with Gasteiger partial charge >= 0.3 is 19.5 Å². The van der Waals surface area contributed by atoms with Gasteiger partial charge in [-0.3, -0.25) is 23.2 Å². The largest absolute Gasteiger partial charge is 0.493 e. The van der Waals surface area contributed by atoms with Crippen molar-refractivity contribution in [2.75, 3.05) is 25.9 Å². The Labute approximate surface area is 252 Å². The highest BCUT2D eigenvalue weighted by atomic mass is 31.2. The summed E-state index contributed by atoms with van der Waals surface area (Å²) in [5.41, 5.74) is 6.17. The van der Waals surface area contributed by atoms with E-state index in [2.05, 4.69) is 15.0 Å². The van der Waals surface area contributed by atoms with Gasteiger partial charge in [0, 0.05) is 12.1 Å². The molecule has 2 heterocycles. The number of unbranched alkanes of at least 4 members (excludes halogenated alkanes) is 2. The fourth-order valence-corrected chi connectivity index (χ4v) is 5.03. The van der Waals surface area contributed by atoms with Crippen molar-refractivity contribution in [3.05, 3.63) is 42.5 Å². The van der Waals surface area contributed by atoms with Gasteiger partial charge in [0.15, 0.2) is 11.5 Å². The SMILES string of the molecule is CC(C)(C)C(=O)OCOP(=O)(Cc1ccccc1OCCCCCn1cnc2c(N)ncnc21)OCOC(=O)C(C)(C)C. The lowest BCUT2D eigenvalue weighted by Gasteiger charge is -2.22. The van der Waals surface area contributed by atoms with Gasteiger partial charge in [0.25, 0.3) is 0 Å². The number of hydrogen-bond acceptors (Lipinski definition) is 12. The molecule has 0 spiro atoms.